The van der Waals surface area contributed by atoms with Gasteiger partial charge >= 0.3 is 0 Å². The molecule has 0 aliphatic carbocycles. The fraction of sp³-hybridized carbons (Fsp3) is 0.118. The zero-order valence-corrected chi connectivity index (χ0v) is 12.5. The molecule has 2 N–H and O–H groups in total. The zero-order valence-electron chi connectivity index (χ0n) is 12.5. The first-order valence-electron chi connectivity index (χ1n) is 6.88. The molecular weight excluding hydrogens is 294 g/mol. The number of nitrogens with zero attached hydrogens (tertiary/aromatic N) is 1. The Labute approximate surface area is 133 Å². The summed E-state index contributed by atoms with van der Waals surface area (Å²) < 4.78 is 5.35. The van der Waals surface area contributed by atoms with Crippen molar-refractivity contribution < 1.29 is 14.3 Å². The first kappa shape index (κ1) is 16.0. The maximum atomic E-state index is 11.9. The normalized spacial score (nSPS) is 9.57. The van der Waals surface area contributed by atoms with Crippen LogP contribution in [0.5, 0.6) is 5.75 Å². The number of amides is 2. The number of ether oxygens (including phenoxy) is 1. The van der Waals surface area contributed by atoms with E-state index in [1.807, 2.05) is 6.07 Å². The first-order chi connectivity index (χ1) is 11.1. The monoisotopic (exact) mass is 309 g/mol. The van der Waals surface area contributed by atoms with Crippen molar-refractivity contribution in [3.8, 4) is 11.8 Å². The average Bonchev–Trinajstić information content (AvgIpc) is 2.53. The van der Waals surface area contributed by atoms with Crippen molar-refractivity contribution in [3.63, 3.8) is 0 Å². The van der Waals surface area contributed by atoms with Gasteiger partial charge in [0, 0.05) is 18.3 Å². The van der Waals surface area contributed by atoms with Crippen LogP contribution in [0.3, 0.4) is 0 Å². The van der Waals surface area contributed by atoms with Crippen molar-refractivity contribution in [2.75, 3.05) is 17.2 Å². The predicted molar refractivity (Wildman–Crippen MR) is 86.0 cm³/mol. The highest BCUT2D eigenvalue weighted by Crippen LogP contribution is 2.17. The third-order valence-electron chi connectivity index (χ3n) is 2.83. The molecule has 0 fully saturated rings. The van der Waals surface area contributed by atoms with E-state index in [0.29, 0.717) is 22.7 Å². The number of rotatable bonds is 5. The smallest absolute Gasteiger partial charge is 0.262 e. The van der Waals surface area contributed by atoms with E-state index < -0.39 is 0 Å². The number of anilines is 2. The molecule has 0 unspecified atom stereocenters. The van der Waals surface area contributed by atoms with E-state index in [1.165, 1.54) is 6.92 Å². The number of hydrogen-bond acceptors (Lipinski definition) is 4. The third kappa shape index (κ3) is 4.86. The maximum absolute atomic E-state index is 11.9. The maximum Gasteiger partial charge on any atom is 0.262 e. The van der Waals surface area contributed by atoms with E-state index in [4.69, 9.17) is 10.00 Å². The number of carbonyl (C=O) groups is 2. The Bertz CT molecular complexity index is 766. The van der Waals surface area contributed by atoms with Crippen LogP contribution in [-0.4, -0.2) is 18.4 Å². The van der Waals surface area contributed by atoms with Crippen LogP contribution in [-0.2, 0) is 9.59 Å². The Hall–Kier alpha value is -3.33. The van der Waals surface area contributed by atoms with Gasteiger partial charge in [-0.2, -0.15) is 5.26 Å². The molecule has 23 heavy (non-hydrogen) atoms. The highest BCUT2D eigenvalue weighted by atomic mass is 16.5. The average molecular weight is 309 g/mol. The third-order valence-corrected chi connectivity index (χ3v) is 2.83. The van der Waals surface area contributed by atoms with Crippen molar-refractivity contribution in [2.45, 2.75) is 6.92 Å². The van der Waals surface area contributed by atoms with Crippen LogP contribution < -0.4 is 15.4 Å². The van der Waals surface area contributed by atoms with Crippen LogP contribution in [0.4, 0.5) is 11.4 Å². The molecule has 0 saturated heterocycles. The summed E-state index contributed by atoms with van der Waals surface area (Å²) >= 11 is 0. The summed E-state index contributed by atoms with van der Waals surface area (Å²) in [4.78, 5) is 22.9. The second kappa shape index (κ2) is 7.61. The minimum atomic E-state index is -0.363. The van der Waals surface area contributed by atoms with Crippen LogP contribution in [0, 0.1) is 11.3 Å². The molecule has 0 radical (unpaired) electrons. The predicted octanol–water partition coefficient (Wildman–Crippen LogP) is 2.53. The molecule has 0 heterocycles. The molecule has 2 aromatic carbocycles. The van der Waals surface area contributed by atoms with Gasteiger partial charge in [-0.15, -0.1) is 0 Å². The van der Waals surface area contributed by atoms with Crippen LogP contribution in [0.1, 0.15) is 12.5 Å². The first-order valence-corrected chi connectivity index (χ1v) is 6.88. The summed E-state index contributed by atoms with van der Waals surface area (Å²) in [6.07, 6.45) is 0. The molecule has 2 aromatic rings. The zero-order chi connectivity index (χ0) is 16.7. The second-order valence-electron chi connectivity index (χ2n) is 4.71. The van der Waals surface area contributed by atoms with Gasteiger partial charge in [-0.3, -0.25) is 9.59 Å². The Balaban J connectivity index is 1.95. The highest BCUT2D eigenvalue weighted by Gasteiger charge is 2.07. The largest absolute Gasteiger partial charge is 0.482 e. The number of nitriles is 1. The molecule has 0 spiro atoms. The van der Waals surface area contributed by atoms with Crippen molar-refractivity contribution in [3.05, 3.63) is 54.1 Å². The summed E-state index contributed by atoms with van der Waals surface area (Å²) in [6, 6.07) is 15.5. The second-order valence-corrected chi connectivity index (χ2v) is 4.71. The summed E-state index contributed by atoms with van der Waals surface area (Å²) in [5.74, 6) is -0.195. The van der Waals surface area contributed by atoms with E-state index in [2.05, 4.69) is 10.6 Å². The van der Waals surface area contributed by atoms with Gasteiger partial charge in [0.05, 0.1) is 5.56 Å². The van der Waals surface area contributed by atoms with Crippen molar-refractivity contribution in [2.24, 2.45) is 0 Å². The molecule has 2 rings (SSSR count). The molecule has 6 heteroatoms. The molecule has 0 aliphatic rings. The van der Waals surface area contributed by atoms with Gasteiger partial charge in [0.1, 0.15) is 11.8 Å². The van der Waals surface area contributed by atoms with E-state index in [-0.39, 0.29) is 18.4 Å². The Morgan fingerprint density at radius 2 is 1.78 bits per heavy atom. The number of para-hydroxylation sites is 1. The van der Waals surface area contributed by atoms with Gasteiger partial charge in [-0.1, -0.05) is 18.2 Å². The molecule has 0 atom stereocenters. The van der Waals surface area contributed by atoms with E-state index >= 15 is 0 Å². The van der Waals surface area contributed by atoms with Gasteiger partial charge < -0.3 is 15.4 Å². The van der Waals surface area contributed by atoms with Gasteiger partial charge in [-0.25, -0.2) is 0 Å². The van der Waals surface area contributed by atoms with E-state index in [0.717, 1.165) is 0 Å². The molecule has 116 valence electrons. The number of benzene rings is 2. The lowest BCUT2D eigenvalue weighted by molar-refractivity contribution is -0.118. The number of carbonyl (C=O) groups excluding carboxylic acids is 2. The van der Waals surface area contributed by atoms with Crippen molar-refractivity contribution in [1.29, 1.82) is 5.26 Å². The lowest BCUT2D eigenvalue weighted by Gasteiger charge is -2.09. The lowest BCUT2D eigenvalue weighted by Crippen LogP contribution is -2.20. The van der Waals surface area contributed by atoms with Crippen LogP contribution >= 0.6 is 0 Å². The molecule has 0 aliphatic heterocycles. The van der Waals surface area contributed by atoms with Gasteiger partial charge in [-0.05, 0) is 30.3 Å². The minimum Gasteiger partial charge on any atom is -0.482 e. The molecular formula is C17H15N3O3. The quantitative estimate of drug-likeness (QED) is 0.888. The number of hydrogen-bond donors (Lipinski definition) is 2. The fourth-order valence-corrected chi connectivity index (χ4v) is 1.90. The Morgan fingerprint density at radius 1 is 1.09 bits per heavy atom. The van der Waals surface area contributed by atoms with Crippen LogP contribution in [0.15, 0.2) is 48.5 Å². The Kier molecular flexibility index (Phi) is 5.31. The standard InChI is InChI=1S/C17H15N3O3/c1-12(21)19-14-6-4-7-15(9-14)20-17(22)11-23-16-8-3-2-5-13(16)10-18/h2-9H,11H2,1H3,(H,19,21)(H,20,22). The fourth-order valence-electron chi connectivity index (χ4n) is 1.90. The molecule has 0 bridgehead atoms. The van der Waals surface area contributed by atoms with Crippen LogP contribution in [0.2, 0.25) is 0 Å². The summed E-state index contributed by atoms with van der Waals surface area (Å²) in [5, 5.41) is 14.3. The highest BCUT2D eigenvalue weighted by molar-refractivity contribution is 5.94. The summed E-state index contributed by atoms with van der Waals surface area (Å²) in [7, 11) is 0. The van der Waals surface area contributed by atoms with Crippen molar-refractivity contribution in [1.82, 2.24) is 0 Å². The lowest BCUT2D eigenvalue weighted by atomic mass is 10.2. The SMILES string of the molecule is CC(=O)Nc1cccc(NC(=O)COc2ccccc2C#N)c1. The van der Waals surface area contributed by atoms with Crippen LogP contribution in [0.25, 0.3) is 0 Å². The van der Waals surface area contributed by atoms with E-state index in [9.17, 15) is 9.59 Å². The molecule has 0 saturated carbocycles. The summed E-state index contributed by atoms with van der Waals surface area (Å²) in [6.45, 7) is 1.19. The van der Waals surface area contributed by atoms with Gasteiger partial charge in [0.25, 0.3) is 5.91 Å². The van der Waals surface area contributed by atoms with Gasteiger partial charge in [0.2, 0.25) is 5.91 Å². The van der Waals surface area contributed by atoms with E-state index in [1.54, 1.807) is 48.5 Å². The number of nitrogens with one attached hydrogen (secondary N) is 2. The summed E-state index contributed by atoms with van der Waals surface area (Å²) in [5.41, 5.74) is 1.50. The molecule has 6 nitrogen and oxygen atoms in total. The molecule has 0 aromatic heterocycles. The van der Waals surface area contributed by atoms with Gasteiger partial charge in [0.15, 0.2) is 6.61 Å². The minimum absolute atomic E-state index is 0.190. The topological polar surface area (TPSA) is 91.2 Å². The Morgan fingerprint density at radius 3 is 2.48 bits per heavy atom. The van der Waals surface area contributed by atoms with Crippen molar-refractivity contribution >= 4 is 23.2 Å². The molecule has 2 amide bonds.